The molecule has 0 aromatic heterocycles. The second-order valence-electron chi connectivity index (χ2n) is 5.85. The maximum Gasteiger partial charge on any atom is 0.240 e. The van der Waals surface area contributed by atoms with Crippen LogP contribution in [-0.4, -0.2) is 27.7 Å². The van der Waals surface area contributed by atoms with Crippen molar-refractivity contribution in [3.63, 3.8) is 0 Å². The number of carbonyl (C=O) groups excluding carboxylic acids is 2. The van der Waals surface area contributed by atoms with Crippen LogP contribution in [0.5, 0.6) is 11.5 Å². The van der Waals surface area contributed by atoms with Gasteiger partial charge in [0.05, 0.1) is 5.71 Å². The Morgan fingerprint density at radius 2 is 1.77 bits per heavy atom. The third-order valence-electron chi connectivity index (χ3n) is 3.60. The molecule has 4 N–H and O–H groups in total. The minimum atomic E-state index is -0.415. The van der Waals surface area contributed by atoms with Crippen molar-refractivity contribution in [3.8, 4) is 11.5 Å². The first-order valence-corrected chi connectivity index (χ1v) is 8.07. The van der Waals surface area contributed by atoms with Crippen molar-refractivity contribution in [2.45, 2.75) is 26.7 Å². The molecule has 0 saturated heterocycles. The molecule has 0 heterocycles. The smallest absolute Gasteiger partial charge is 0.240 e. The SMILES string of the molecule is C/C(=N/NC(=O)CCC(=O)Nc1cccc(C)c1)c1ccc(O)cc1O. The Kier molecular flexibility index (Phi) is 6.32. The predicted octanol–water partition coefficient (Wildman–Crippen LogP) is 2.67. The molecule has 2 rings (SSSR count). The van der Waals surface area contributed by atoms with E-state index in [0.717, 1.165) is 5.56 Å². The number of aromatic hydroxyl groups is 2. The molecule has 0 aliphatic heterocycles. The Morgan fingerprint density at radius 3 is 2.46 bits per heavy atom. The molecule has 0 spiro atoms. The van der Waals surface area contributed by atoms with E-state index in [1.54, 1.807) is 13.0 Å². The summed E-state index contributed by atoms with van der Waals surface area (Å²) in [4.78, 5) is 23.7. The van der Waals surface area contributed by atoms with E-state index in [2.05, 4.69) is 15.8 Å². The first kappa shape index (κ1) is 19.0. The van der Waals surface area contributed by atoms with Crippen molar-refractivity contribution < 1.29 is 19.8 Å². The minimum absolute atomic E-state index is 0.0179. The average Bonchev–Trinajstić information content (AvgIpc) is 2.58. The van der Waals surface area contributed by atoms with Crippen LogP contribution in [0.2, 0.25) is 0 Å². The summed E-state index contributed by atoms with van der Waals surface area (Å²) in [7, 11) is 0. The van der Waals surface area contributed by atoms with Crippen LogP contribution in [-0.2, 0) is 9.59 Å². The van der Waals surface area contributed by atoms with Gasteiger partial charge in [0.2, 0.25) is 11.8 Å². The molecule has 7 heteroatoms. The molecule has 26 heavy (non-hydrogen) atoms. The number of hydrogen-bond acceptors (Lipinski definition) is 5. The lowest BCUT2D eigenvalue weighted by atomic mass is 10.1. The molecule has 0 bridgehead atoms. The predicted molar refractivity (Wildman–Crippen MR) is 99.2 cm³/mol. The molecule has 2 aromatic rings. The highest BCUT2D eigenvalue weighted by Crippen LogP contribution is 2.22. The topological polar surface area (TPSA) is 111 Å². The molecule has 0 unspecified atom stereocenters. The largest absolute Gasteiger partial charge is 0.508 e. The quantitative estimate of drug-likeness (QED) is 0.471. The first-order chi connectivity index (χ1) is 12.3. The zero-order valence-electron chi connectivity index (χ0n) is 14.6. The number of nitrogens with zero attached hydrogens (tertiary/aromatic N) is 1. The van der Waals surface area contributed by atoms with Crippen molar-refractivity contribution in [1.82, 2.24) is 5.43 Å². The number of aryl methyl sites for hydroxylation is 1. The number of amides is 2. The van der Waals surface area contributed by atoms with Crippen LogP contribution >= 0.6 is 0 Å². The van der Waals surface area contributed by atoms with Crippen LogP contribution in [0.25, 0.3) is 0 Å². The number of hydrogen-bond donors (Lipinski definition) is 4. The van der Waals surface area contributed by atoms with Gasteiger partial charge < -0.3 is 15.5 Å². The normalized spacial score (nSPS) is 11.1. The zero-order chi connectivity index (χ0) is 19.1. The number of phenols is 2. The van der Waals surface area contributed by atoms with E-state index in [0.29, 0.717) is 17.0 Å². The van der Waals surface area contributed by atoms with Crippen LogP contribution in [0.4, 0.5) is 5.69 Å². The Bertz CT molecular complexity index is 846. The average molecular weight is 355 g/mol. The molecular weight excluding hydrogens is 334 g/mol. The van der Waals surface area contributed by atoms with Gasteiger partial charge in [-0.25, -0.2) is 5.43 Å². The van der Waals surface area contributed by atoms with Crippen molar-refractivity contribution in [3.05, 3.63) is 53.6 Å². The first-order valence-electron chi connectivity index (χ1n) is 8.07. The summed E-state index contributed by atoms with van der Waals surface area (Å²) in [5, 5.41) is 25.7. The lowest BCUT2D eigenvalue weighted by Gasteiger charge is -2.07. The molecule has 0 radical (unpaired) electrons. The Hall–Kier alpha value is -3.35. The third kappa shape index (κ3) is 5.62. The van der Waals surface area contributed by atoms with E-state index < -0.39 is 5.91 Å². The van der Waals surface area contributed by atoms with Gasteiger partial charge in [-0.1, -0.05) is 12.1 Å². The number of carbonyl (C=O) groups is 2. The third-order valence-corrected chi connectivity index (χ3v) is 3.60. The van der Waals surface area contributed by atoms with Crippen LogP contribution in [0.3, 0.4) is 0 Å². The maximum absolute atomic E-state index is 11.9. The van der Waals surface area contributed by atoms with Gasteiger partial charge in [0, 0.05) is 30.2 Å². The summed E-state index contributed by atoms with van der Waals surface area (Å²) in [6.07, 6.45) is 0.00872. The molecule has 0 saturated carbocycles. The summed E-state index contributed by atoms with van der Waals surface area (Å²) >= 11 is 0. The number of phenolic OH excluding ortho intramolecular Hbond substituents is 2. The Balaban J connectivity index is 1.83. The number of nitrogens with one attached hydrogen (secondary N) is 2. The van der Waals surface area contributed by atoms with Gasteiger partial charge in [-0.2, -0.15) is 5.10 Å². The highest BCUT2D eigenvalue weighted by Gasteiger charge is 2.09. The zero-order valence-corrected chi connectivity index (χ0v) is 14.6. The van der Waals surface area contributed by atoms with Gasteiger partial charge in [0.15, 0.2) is 0 Å². The van der Waals surface area contributed by atoms with E-state index in [1.807, 2.05) is 25.1 Å². The second kappa shape index (κ2) is 8.66. The molecule has 0 fully saturated rings. The summed E-state index contributed by atoms with van der Waals surface area (Å²) in [5.74, 6) is -0.884. The number of rotatable bonds is 6. The fourth-order valence-electron chi connectivity index (χ4n) is 2.26. The van der Waals surface area contributed by atoms with E-state index in [-0.39, 0.29) is 30.2 Å². The van der Waals surface area contributed by atoms with Crippen molar-refractivity contribution in [2.75, 3.05) is 5.32 Å². The molecule has 7 nitrogen and oxygen atoms in total. The van der Waals surface area contributed by atoms with Gasteiger partial charge >= 0.3 is 0 Å². The fraction of sp³-hybridized carbons (Fsp3) is 0.211. The number of benzene rings is 2. The summed E-state index contributed by atoms with van der Waals surface area (Å²) < 4.78 is 0. The van der Waals surface area contributed by atoms with Crippen LogP contribution in [0, 0.1) is 6.92 Å². The van der Waals surface area contributed by atoms with Crippen LogP contribution in [0.15, 0.2) is 47.6 Å². The highest BCUT2D eigenvalue weighted by atomic mass is 16.3. The number of anilines is 1. The van der Waals surface area contributed by atoms with Gasteiger partial charge in [0.25, 0.3) is 0 Å². The lowest BCUT2D eigenvalue weighted by Crippen LogP contribution is -2.21. The summed E-state index contributed by atoms with van der Waals surface area (Å²) in [6, 6.07) is 11.5. The molecule has 2 aromatic carbocycles. The van der Waals surface area contributed by atoms with Gasteiger partial charge in [0.1, 0.15) is 11.5 Å². The van der Waals surface area contributed by atoms with E-state index in [1.165, 1.54) is 18.2 Å². The van der Waals surface area contributed by atoms with E-state index in [9.17, 15) is 19.8 Å². The van der Waals surface area contributed by atoms with Crippen molar-refractivity contribution >= 4 is 23.2 Å². The number of hydrazone groups is 1. The Morgan fingerprint density at radius 1 is 1.04 bits per heavy atom. The molecular formula is C19H21N3O4. The van der Waals surface area contributed by atoms with Gasteiger partial charge in [-0.15, -0.1) is 0 Å². The Labute approximate surface area is 151 Å². The van der Waals surface area contributed by atoms with Gasteiger partial charge in [-0.3, -0.25) is 9.59 Å². The maximum atomic E-state index is 11.9. The lowest BCUT2D eigenvalue weighted by molar-refractivity contribution is -0.124. The van der Waals surface area contributed by atoms with Crippen molar-refractivity contribution in [1.29, 1.82) is 0 Å². The van der Waals surface area contributed by atoms with Crippen LogP contribution < -0.4 is 10.7 Å². The van der Waals surface area contributed by atoms with Crippen LogP contribution in [0.1, 0.15) is 30.9 Å². The summed E-state index contributed by atoms with van der Waals surface area (Å²) in [6.45, 7) is 3.53. The monoisotopic (exact) mass is 355 g/mol. The van der Waals surface area contributed by atoms with Gasteiger partial charge in [-0.05, 0) is 43.7 Å². The van der Waals surface area contributed by atoms with E-state index in [4.69, 9.17) is 0 Å². The molecule has 2 amide bonds. The molecule has 0 atom stereocenters. The fourth-order valence-corrected chi connectivity index (χ4v) is 2.26. The minimum Gasteiger partial charge on any atom is -0.508 e. The molecule has 0 aliphatic rings. The molecule has 136 valence electrons. The second-order valence-corrected chi connectivity index (χ2v) is 5.85. The summed E-state index contributed by atoms with van der Waals surface area (Å²) in [5.41, 5.74) is 4.83. The highest BCUT2D eigenvalue weighted by molar-refractivity contribution is 6.01. The standard InChI is InChI=1S/C19H21N3O4/c1-12-4-3-5-14(10-12)20-18(25)8-9-19(26)22-21-13(2)16-7-6-15(23)11-17(16)24/h3-7,10-11,23-24H,8-9H2,1-2H3,(H,20,25)(H,22,26)/b21-13-. The van der Waals surface area contributed by atoms with E-state index >= 15 is 0 Å². The molecule has 0 aliphatic carbocycles. The van der Waals surface area contributed by atoms with Crippen molar-refractivity contribution in [2.24, 2.45) is 5.10 Å².